The van der Waals surface area contributed by atoms with Crippen LogP contribution in [0.1, 0.15) is 20.1 Å². The van der Waals surface area contributed by atoms with Crippen molar-refractivity contribution < 1.29 is 23.4 Å². The normalized spacial score (nSPS) is 27.9. The molecule has 1 aromatic rings. The van der Waals surface area contributed by atoms with Crippen LogP contribution in [0, 0.1) is 0 Å². The van der Waals surface area contributed by atoms with Gasteiger partial charge in [-0.25, -0.2) is 4.79 Å². The van der Waals surface area contributed by atoms with E-state index in [-0.39, 0.29) is 12.4 Å². The second-order valence-electron chi connectivity index (χ2n) is 4.90. The van der Waals surface area contributed by atoms with Gasteiger partial charge in [0.05, 0.1) is 5.76 Å². The number of hydrogen-bond acceptors (Lipinski definition) is 6. The zero-order chi connectivity index (χ0) is 16.5. The van der Waals surface area contributed by atoms with Crippen LogP contribution in [0.15, 0.2) is 28.9 Å². The van der Waals surface area contributed by atoms with Gasteiger partial charge >= 0.3 is 11.6 Å². The van der Waals surface area contributed by atoms with Crippen LogP contribution in [0.2, 0.25) is 0 Å². The number of nitrogens with two attached hydrogens (primary N) is 1. The second-order valence-corrected chi connectivity index (χ2v) is 4.90. The number of halogens is 2. The van der Waals surface area contributed by atoms with Crippen LogP contribution < -0.4 is 11.4 Å². The number of aromatic nitrogens is 2. The number of allylic oxidation sites excluding steroid dienone is 2. The molecule has 0 saturated carbocycles. The van der Waals surface area contributed by atoms with Crippen LogP contribution in [0.3, 0.4) is 0 Å². The summed E-state index contributed by atoms with van der Waals surface area (Å²) >= 11 is 0. The van der Waals surface area contributed by atoms with Gasteiger partial charge in [0.2, 0.25) is 6.23 Å². The van der Waals surface area contributed by atoms with E-state index in [9.17, 15) is 18.7 Å². The minimum Gasteiger partial charge on any atom is -0.496 e. The first-order valence-corrected chi connectivity index (χ1v) is 6.59. The number of anilines is 1. The van der Waals surface area contributed by atoms with Crippen molar-refractivity contribution in [3.05, 3.63) is 34.6 Å². The van der Waals surface area contributed by atoms with Gasteiger partial charge in [0.15, 0.2) is 6.10 Å². The lowest BCUT2D eigenvalue weighted by Crippen LogP contribution is -2.42. The van der Waals surface area contributed by atoms with Crippen LogP contribution in [0.25, 0.3) is 0 Å². The highest BCUT2D eigenvalue weighted by Crippen LogP contribution is 2.42. The van der Waals surface area contributed by atoms with Crippen LogP contribution in [-0.2, 0) is 9.47 Å². The average molecular weight is 317 g/mol. The molecule has 7 nitrogen and oxygen atoms in total. The third-order valence-corrected chi connectivity index (χ3v) is 3.37. The molecule has 1 aromatic heterocycles. The zero-order valence-electron chi connectivity index (χ0n) is 12.1. The molecule has 2 heterocycles. The van der Waals surface area contributed by atoms with Crippen LogP contribution >= 0.6 is 0 Å². The Hall–Kier alpha value is -2.00. The fourth-order valence-corrected chi connectivity index (χ4v) is 2.01. The lowest BCUT2D eigenvalue weighted by Gasteiger charge is -2.20. The van der Waals surface area contributed by atoms with Gasteiger partial charge in [-0.05, 0) is 19.9 Å². The van der Waals surface area contributed by atoms with Crippen molar-refractivity contribution in [2.45, 2.75) is 38.2 Å². The van der Waals surface area contributed by atoms with Gasteiger partial charge < -0.3 is 20.3 Å². The Labute approximate surface area is 125 Å². The van der Waals surface area contributed by atoms with Crippen molar-refractivity contribution >= 4 is 5.82 Å². The summed E-state index contributed by atoms with van der Waals surface area (Å²) in [5, 5.41) is 9.74. The van der Waals surface area contributed by atoms with Gasteiger partial charge in [-0.1, -0.05) is 6.08 Å². The molecule has 3 atom stereocenters. The highest BCUT2D eigenvalue weighted by Gasteiger charge is 2.59. The van der Waals surface area contributed by atoms with Gasteiger partial charge in [-0.2, -0.15) is 13.8 Å². The molecule has 22 heavy (non-hydrogen) atoms. The predicted octanol–water partition coefficient (Wildman–Crippen LogP) is 0.659. The summed E-state index contributed by atoms with van der Waals surface area (Å²) in [4.78, 5) is 15.0. The van der Waals surface area contributed by atoms with Crippen LogP contribution in [-0.4, -0.2) is 39.4 Å². The van der Waals surface area contributed by atoms with Crippen molar-refractivity contribution in [1.29, 1.82) is 0 Å². The highest BCUT2D eigenvalue weighted by atomic mass is 19.3. The summed E-state index contributed by atoms with van der Waals surface area (Å²) in [7, 11) is 0. The molecular formula is C13H17F2N3O4. The number of rotatable bonds is 4. The molecular weight excluding hydrogens is 300 g/mol. The van der Waals surface area contributed by atoms with Crippen molar-refractivity contribution in [2.75, 3.05) is 12.3 Å². The largest absolute Gasteiger partial charge is 0.496 e. The van der Waals surface area contributed by atoms with E-state index in [0.717, 1.165) is 6.20 Å². The highest BCUT2D eigenvalue weighted by molar-refractivity contribution is 5.23. The molecule has 0 aliphatic carbocycles. The topological polar surface area (TPSA) is 99.6 Å². The first kappa shape index (κ1) is 16.4. The molecule has 122 valence electrons. The van der Waals surface area contributed by atoms with Crippen molar-refractivity contribution in [2.24, 2.45) is 0 Å². The molecule has 9 heteroatoms. The van der Waals surface area contributed by atoms with Gasteiger partial charge in [-0.15, -0.1) is 0 Å². The van der Waals surface area contributed by atoms with Crippen LogP contribution in [0.4, 0.5) is 14.6 Å². The molecule has 3 N–H and O–H groups in total. The van der Waals surface area contributed by atoms with Crippen molar-refractivity contribution in [3.63, 3.8) is 0 Å². The monoisotopic (exact) mass is 317 g/mol. The van der Waals surface area contributed by atoms with E-state index in [2.05, 4.69) is 4.98 Å². The third kappa shape index (κ3) is 2.95. The molecule has 1 saturated heterocycles. The van der Waals surface area contributed by atoms with Gasteiger partial charge in [0.1, 0.15) is 18.5 Å². The number of nitrogens with zero attached hydrogens (tertiary/aromatic N) is 2. The molecule has 0 amide bonds. The molecule has 2 rings (SSSR count). The summed E-state index contributed by atoms with van der Waals surface area (Å²) in [5.74, 6) is -3.25. The minimum absolute atomic E-state index is 0.0910. The lowest BCUT2D eigenvalue weighted by atomic mass is 10.1. The fourth-order valence-electron chi connectivity index (χ4n) is 2.01. The predicted molar refractivity (Wildman–Crippen MR) is 73.2 cm³/mol. The average Bonchev–Trinajstić information content (AvgIpc) is 2.68. The second kappa shape index (κ2) is 6.01. The van der Waals surface area contributed by atoms with E-state index in [1.165, 1.54) is 6.07 Å². The number of ether oxygens (including phenoxy) is 2. The van der Waals surface area contributed by atoms with E-state index in [4.69, 9.17) is 15.2 Å². The van der Waals surface area contributed by atoms with E-state index in [0.29, 0.717) is 10.3 Å². The smallest absolute Gasteiger partial charge is 0.351 e. The van der Waals surface area contributed by atoms with Crippen LogP contribution in [0.5, 0.6) is 0 Å². The lowest BCUT2D eigenvalue weighted by molar-refractivity contribution is -0.141. The van der Waals surface area contributed by atoms with Gasteiger partial charge in [0, 0.05) is 6.20 Å². The molecule has 1 aliphatic rings. The molecule has 1 aliphatic heterocycles. The Kier molecular flexibility index (Phi) is 4.47. The molecule has 0 radical (unpaired) electrons. The quantitative estimate of drug-likeness (QED) is 0.791. The Morgan fingerprint density at radius 2 is 2.36 bits per heavy atom. The molecule has 1 fully saturated rings. The standard InChI is InChI=1S/C13H17F2N3O4/c1-3-7(2)21-6-8-10(19)13(14,15)11(22-8)18-5-4-9(16)17-12(18)20/h3-5,8,10-11,19H,6H2,1-2H3,(H2,16,17,20)/b7-3+/t8-,10-,11-/m1/s1. The number of hydrogen-bond donors (Lipinski definition) is 2. The summed E-state index contributed by atoms with van der Waals surface area (Å²) in [6.45, 7) is 3.10. The number of aliphatic hydroxyl groups is 1. The Morgan fingerprint density at radius 3 is 2.95 bits per heavy atom. The summed E-state index contributed by atoms with van der Waals surface area (Å²) in [6, 6.07) is 1.20. The van der Waals surface area contributed by atoms with Gasteiger partial charge in [-0.3, -0.25) is 4.57 Å². The Balaban J connectivity index is 2.24. The summed E-state index contributed by atoms with van der Waals surface area (Å²) < 4.78 is 39.2. The maximum atomic E-state index is 14.2. The fraction of sp³-hybridized carbons (Fsp3) is 0.538. The maximum Gasteiger partial charge on any atom is 0.351 e. The number of alkyl halides is 2. The van der Waals surface area contributed by atoms with E-state index in [1.807, 2.05) is 0 Å². The SMILES string of the molecule is C/C=C(\C)OC[C@H]1O[C@@H](n2ccc(N)nc2=O)C(F)(F)[C@@H]1O. The minimum atomic E-state index is -3.67. The van der Waals surface area contributed by atoms with Crippen molar-refractivity contribution in [1.82, 2.24) is 9.55 Å². The summed E-state index contributed by atoms with van der Waals surface area (Å²) in [6.07, 6.45) is -2.66. The first-order chi connectivity index (χ1) is 10.3. The maximum absolute atomic E-state index is 14.2. The summed E-state index contributed by atoms with van der Waals surface area (Å²) in [5.41, 5.74) is 4.33. The number of aliphatic hydroxyl groups excluding tert-OH is 1. The van der Waals surface area contributed by atoms with E-state index in [1.54, 1.807) is 19.9 Å². The van der Waals surface area contributed by atoms with Gasteiger partial charge in [0.25, 0.3) is 0 Å². The Bertz CT molecular complexity index is 632. The van der Waals surface area contributed by atoms with E-state index >= 15 is 0 Å². The molecule has 0 aromatic carbocycles. The first-order valence-electron chi connectivity index (χ1n) is 6.59. The Morgan fingerprint density at radius 1 is 1.68 bits per heavy atom. The molecule has 0 bridgehead atoms. The van der Waals surface area contributed by atoms with E-state index < -0.39 is 30.0 Å². The number of nitrogen functional groups attached to an aromatic ring is 1. The third-order valence-electron chi connectivity index (χ3n) is 3.37. The molecule has 0 unspecified atom stereocenters. The zero-order valence-corrected chi connectivity index (χ0v) is 12.1. The van der Waals surface area contributed by atoms with Crippen molar-refractivity contribution in [3.8, 4) is 0 Å². The molecule has 0 spiro atoms.